The Morgan fingerprint density at radius 1 is 1.07 bits per heavy atom. The first-order valence-corrected chi connectivity index (χ1v) is 8.65. The number of carbonyl (C=O) groups is 1. The molecule has 0 aliphatic carbocycles. The van der Waals surface area contributed by atoms with Crippen LogP contribution in [0.3, 0.4) is 0 Å². The predicted molar refractivity (Wildman–Crippen MR) is 102 cm³/mol. The molecule has 1 heterocycles. The zero-order chi connectivity index (χ0) is 19.0. The van der Waals surface area contributed by atoms with Crippen molar-refractivity contribution in [2.45, 2.75) is 13.3 Å². The van der Waals surface area contributed by atoms with Crippen LogP contribution in [0.15, 0.2) is 60.7 Å². The Labute approximate surface area is 154 Å². The summed E-state index contributed by atoms with van der Waals surface area (Å²) < 4.78 is 25.7. The molecule has 0 fully saturated rings. The number of hydrogen-bond donors (Lipinski definition) is 1. The molecule has 0 unspecified atom stereocenters. The number of nitrogens with one attached hydrogen (secondary N) is 1. The van der Waals surface area contributed by atoms with E-state index in [1.165, 1.54) is 0 Å². The summed E-state index contributed by atoms with van der Waals surface area (Å²) in [5.74, 6) is -0.584. The van der Waals surface area contributed by atoms with E-state index in [-0.39, 0.29) is 5.91 Å². The Morgan fingerprint density at radius 3 is 2.59 bits per heavy atom. The van der Waals surface area contributed by atoms with Crippen molar-refractivity contribution >= 4 is 33.4 Å². The Morgan fingerprint density at radius 2 is 1.85 bits per heavy atom. The summed E-state index contributed by atoms with van der Waals surface area (Å²) in [6.45, 7) is 2.39. The summed E-state index contributed by atoms with van der Waals surface area (Å²) in [6.07, 6.45) is -2.68. The minimum atomic E-state index is -2.68. The van der Waals surface area contributed by atoms with Crippen molar-refractivity contribution in [2.75, 3.05) is 11.4 Å². The smallest absolute Gasteiger partial charge is 0.295 e. The second-order valence-electron chi connectivity index (χ2n) is 6.24. The number of aromatic nitrogens is 2. The zero-order valence-corrected chi connectivity index (χ0v) is 14.6. The monoisotopic (exact) mass is 365 g/mol. The molecule has 3 aromatic carbocycles. The molecule has 0 bridgehead atoms. The van der Waals surface area contributed by atoms with E-state index in [1.807, 2.05) is 49.4 Å². The third-order valence-electron chi connectivity index (χ3n) is 4.56. The number of alkyl halides is 2. The lowest BCUT2D eigenvalue weighted by atomic mass is 10.1. The van der Waals surface area contributed by atoms with Crippen LogP contribution in [0.5, 0.6) is 0 Å². The first-order valence-electron chi connectivity index (χ1n) is 8.65. The van der Waals surface area contributed by atoms with Crippen molar-refractivity contribution in [1.29, 1.82) is 0 Å². The number of benzene rings is 3. The van der Waals surface area contributed by atoms with Crippen LogP contribution in [0.2, 0.25) is 0 Å². The van der Waals surface area contributed by atoms with E-state index in [9.17, 15) is 13.6 Å². The summed E-state index contributed by atoms with van der Waals surface area (Å²) in [4.78, 5) is 21.1. The van der Waals surface area contributed by atoms with Gasteiger partial charge in [-0.15, -0.1) is 0 Å². The quantitative estimate of drug-likeness (QED) is 0.532. The zero-order valence-electron chi connectivity index (χ0n) is 14.6. The van der Waals surface area contributed by atoms with Crippen LogP contribution < -0.4 is 4.90 Å². The summed E-state index contributed by atoms with van der Waals surface area (Å²) in [5, 5.41) is 2.15. The van der Waals surface area contributed by atoms with E-state index in [2.05, 4.69) is 9.97 Å². The second kappa shape index (κ2) is 6.79. The highest BCUT2D eigenvalue weighted by molar-refractivity contribution is 6.08. The van der Waals surface area contributed by atoms with Crippen molar-refractivity contribution in [2.24, 2.45) is 0 Å². The number of rotatable bonds is 4. The molecule has 0 aliphatic rings. The van der Waals surface area contributed by atoms with Gasteiger partial charge in [0.15, 0.2) is 5.82 Å². The number of amides is 1. The Bertz CT molecular complexity index is 1140. The number of fused-ring (bicyclic) bond motifs is 2. The highest BCUT2D eigenvalue weighted by Crippen LogP contribution is 2.25. The number of halogens is 2. The molecule has 1 amide bonds. The molecule has 4 nitrogen and oxygen atoms in total. The van der Waals surface area contributed by atoms with Crippen molar-refractivity contribution in [3.05, 3.63) is 72.1 Å². The first-order chi connectivity index (χ1) is 13.1. The number of imidazole rings is 1. The van der Waals surface area contributed by atoms with Gasteiger partial charge in [-0.25, -0.2) is 13.8 Å². The fraction of sp³-hybridized carbons (Fsp3) is 0.143. The van der Waals surface area contributed by atoms with Gasteiger partial charge in [0.1, 0.15) is 0 Å². The van der Waals surface area contributed by atoms with Gasteiger partial charge in [-0.3, -0.25) is 4.79 Å². The Hall–Kier alpha value is -3.28. The van der Waals surface area contributed by atoms with Gasteiger partial charge in [-0.2, -0.15) is 0 Å². The molecule has 4 rings (SSSR count). The average molecular weight is 365 g/mol. The molecule has 0 saturated carbocycles. The third kappa shape index (κ3) is 3.14. The highest BCUT2D eigenvalue weighted by Gasteiger charge is 2.19. The molecule has 0 spiro atoms. The van der Waals surface area contributed by atoms with Crippen LogP contribution in [0.4, 0.5) is 14.5 Å². The Kier molecular flexibility index (Phi) is 4.32. The fourth-order valence-corrected chi connectivity index (χ4v) is 3.21. The van der Waals surface area contributed by atoms with Crippen LogP contribution in [-0.4, -0.2) is 22.4 Å². The predicted octanol–water partition coefficient (Wildman–Crippen LogP) is 5.32. The fourth-order valence-electron chi connectivity index (χ4n) is 3.21. The normalized spacial score (nSPS) is 11.4. The molecule has 1 aromatic heterocycles. The van der Waals surface area contributed by atoms with Gasteiger partial charge < -0.3 is 9.88 Å². The molecule has 0 saturated heterocycles. The molecular weight excluding hydrogens is 348 g/mol. The van der Waals surface area contributed by atoms with Crippen LogP contribution in [0.1, 0.15) is 29.5 Å². The molecular formula is C21H17F2N3O. The first kappa shape index (κ1) is 17.1. The van der Waals surface area contributed by atoms with Crippen LogP contribution >= 0.6 is 0 Å². The molecule has 1 N–H and O–H groups in total. The number of hydrogen-bond acceptors (Lipinski definition) is 2. The lowest BCUT2D eigenvalue weighted by Gasteiger charge is -2.21. The number of nitrogens with zero attached hydrogens (tertiary/aromatic N) is 2. The summed E-state index contributed by atoms with van der Waals surface area (Å²) in [6, 6.07) is 18.6. The lowest BCUT2D eigenvalue weighted by Crippen LogP contribution is -2.30. The van der Waals surface area contributed by atoms with Crippen LogP contribution in [0, 0.1) is 0 Å². The Balaban J connectivity index is 1.71. The molecule has 4 aromatic rings. The minimum absolute atomic E-state index is 0.192. The van der Waals surface area contributed by atoms with E-state index in [4.69, 9.17) is 0 Å². The average Bonchev–Trinajstić information content (AvgIpc) is 3.12. The molecule has 0 radical (unpaired) electrons. The minimum Gasteiger partial charge on any atom is -0.337 e. The molecule has 0 aliphatic heterocycles. The largest absolute Gasteiger partial charge is 0.337 e. The molecule has 6 heteroatoms. The second-order valence-corrected chi connectivity index (χ2v) is 6.24. The van der Waals surface area contributed by atoms with Gasteiger partial charge in [0, 0.05) is 17.8 Å². The highest BCUT2D eigenvalue weighted by atomic mass is 19.3. The van der Waals surface area contributed by atoms with E-state index in [0.29, 0.717) is 23.1 Å². The summed E-state index contributed by atoms with van der Waals surface area (Å²) in [5.41, 5.74) is 2.04. The van der Waals surface area contributed by atoms with Crippen molar-refractivity contribution in [1.82, 2.24) is 9.97 Å². The molecule has 27 heavy (non-hydrogen) atoms. The maximum absolute atomic E-state index is 13.0. The topological polar surface area (TPSA) is 49.0 Å². The van der Waals surface area contributed by atoms with Crippen molar-refractivity contribution in [3.8, 4) is 0 Å². The van der Waals surface area contributed by atoms with E-state index >= 15 is 0 Å². The van der Waals surface area contributed by atoms with Gasteiger partial charge in [0.05, 0.1) is 11.0 Å². The van der Waals surface area contributed by atoms with Gasteiger partial charge >= 0.3 is 0 Å². The van der Waals surface area contributed by atoms with E-state index in [0.717, 1.165) is 16.5 Å². The SMILES string of the molecule is CCN(C(=O)c1ccc2nc(C(F)F)[nH]c2c1)c1ccc2ccccc2c1. The standard InChI is InChI=1S/C21H17F2N3O/c1-2-26(16-9-7-13-5-3-4-6-14(13)11-16)21(27)15-8-10-17-18(12-15)25-20(24-17)19(22)23/h3-12,19H,2H2,1H3,(H,24,25). The molecule has 136 valence electrons. The van der Waals surface area contributed by atoms with Crippen LogP contribution in [-0.2, 0) is 0 Å². The summed E-state index contributed by atoms with van der Waals surface area (Å²) >= 11 is 0. The van der Waals surface area contributed by atoms with Gasteiger partial charge in [-0.1, -0.05) is 30.3 Å². The van der Waals surface area contributed by atoms with Crippen molar-refractivity contribution < 1.29 is 13.6 Å². The number of aromatic amines is 1. The number of H-pyrrole nitrogens is 1. The molecule has 0 atom stereocenters. The van der Waals surface area contributed by atoms with E-state index < -0.39 is 12.2 Å². The lowest BCUT2D eigenvalue weighted by molar-refractivity contribution is 0.0988. The third-order valence-corrected chi connectivity index (χ3v) is 4.56. The van der Waals surface area contributed by atoms with E-state index in [1.54, 1.807) is 23.1 Å². The van der Waals surface area contributed by atoms with Gasteiger partial charge in [-0.05, 0) is 48.0 Å². The van der Waals surface area contributed by atoms with Crippen molar-refractivity contribution in [3.63, 3.8) is 0 Å². The van der Waals surface area contributed by atoms with Gasteiger partial charge in [0.2, 0.25) is 0 Å². The maximum atomic E-state index is 13.0. The number of anilines is 1. The van der Waals surface area contributed by atoms with Gasteiger partial charge in [0.25, 0.3) is 12.3 Å². The van der Waals surface area contributed by atoms with Crippen LogP contribution in [0.25, 0.3) is 21.8 Å². The number of carbonyl (C=O) groups excluding carboxylic acids is 1. The maximum Gasteiger partial charge on any atom is 0.295 e. The summed E-state index contributed by atoms with van der Waals surface area (Å²) in [7, 11) is 0.